The topological polar surface area (TPSA) is 122 Å². The van der Waals surface area contributed by atoms with Crippen molar-refractivity contribution in [1.29, 1.82) is 5.26 Å². The fraction of sp³-hybridized carbons (Fsp3) is 0.531. The summed E-state index contributed by atoms with van der Waals surface area (Å²) >= 11 is 1.06. The van der Waals surface area contributed by atoms with Gasteiger partial charge in [-0.2, -0.15) is 31.2 Å². The second kappa shape index (κ2) is 13.9. The van der Waals surface area contributed by atoms with Crippen molar-refractivity contribution in [2.45, 2.75) is 63.6 Å². The Morgan fingerprint density at radius 1 is 1.08 bits per heavy atom. The van der Waals surface area contributed by atoms with Crippen LogP contribution in [0.4, 0.5) is 19.0 Å². The predicted molar refractivity (Wildman–Crippen MR) is 190 cm³/mol. The third-order valence-electron chi connectivity index (χ3n) is 9.90. The van der Waals surface area contributed by atoms with Crippen LogP contribution >= 0.6 is 11.3 Å². The Morgan fingerprint density at radius 2 is 1.80 bits per heavy atom. The minimum absolute atomic E-state index is 0.152. The molecular weight excluding hydrogens is 692 g/mol. The summed E-state index contributed by atoms with van der Waals surface area (Å²) in [5.74, 6) is 0.585. The molecule has 49 heavy (non-hydrogen) atoms. The number of nitrogens with zero attached hydrogens (tertiary/aromatic N) is 7. The van der Waals surface area contributed by atoms with E-state index in [0.29, 0.717) is 54.5 Å². The smallest absolute Gasteiger partial charge is 0.367 e. The molecule has 6 rings (SSSR count). The lowest BCUT2D eigenvalue weighted by atomic mass is 10.0. The largest absolute Gasteiger partial charge is 0.393 e. The van der Waals surface area contributed by atoms with Crippen LogP contribution in [-0.2, 0) is 29.7 Å². The predicted octanol–water partition coefficient (Wildman–Crippen LogP) is 3.17. The molecule has 3 aromatic heterocycles. The molecule has 2 N–H and O–H groups in total. The molecule has 1 atom stereocenters. The normalized spacial score (nSPS) is 19.0. The highest BCUT2D eigenvalue weighted by atomic mass is 32.2. The van der Waals surface area contributed by atoms with Crippen LogP contribution in [0.5, 0.6) is 0 Å². The molecule has 0 unspecified atom stereocenters. The van der Waals surface area contributed by atoms with E-state index in [0.717, 1.165) is 70.5 Å². The van der Waals surface area contributed by atoms with Crippen molar-refractivity contribution in [1.82, 2.24) is 33.4 Å². The van der Waals surface area contributed by atoms with Crippen LogP contribution in [-0.4, -0.2) is 111 Å². The number of anilines is 1. The summed E-state index contributed by atoms with van der Waals surface area (Å²) in [5, 5.41) is 15.1. The van der Waals surface area contributed by atoms with Gasteiger partial charge < -0.3 is 9.88 Å². The summed E-state index contributed by atoms with van der Waals surface area (Å²) in [6, 6.07) is 10.4. The van der Waals surface area contributed by atoms with E-state index in [1.54, 1.807) is 6.07 Å². The van der Waals surface area contributed by atoms with Crippen molar-refractivity contribution >= 4 is 58.7 Å². The van der Waals surface area contributed by atoms with Gasteiger partial charge in [-0.25, -0.2) is 14.7 Å². The fourth-order valence-electron chi connectivity index (χ4n) is 7.08. The maximum Gasteiger partial charge on any atom is 0.393 e. The number of alkyl halides is 3. The molecule has 0 aliphatic carbocycles. The summed E-state index contributed by atoms with van der Waals surface area (Å²) in [6.07, 6.45) is -2.09. The van der Waals surface area contributed by atoms with Crippen molar-refractivity contribution in [3.05, 3.63) is 52.3 Å². The molecule has 11 nitrogen and oxygen atoms in total. The number of nitrogens with one attached hydrogen (secondary N) is 2. The van der Waals surface area contributed by atoms with Crippen LogP contribution in [0.3, 0.4) is 0 Å². The minimum atomic E-state index is -4.27. The highest BCUT2D eigenvalue weighted by Crippen LogP contribution is 2.34. The third kappa shape index (κ3) is 7.80. The zero-order valence-electron chi connectivity index (χ0n) is 28.1. The van der Waals surface area contributed by atoms with E-state index in [-0.39, 0.29) is 16.1 Å². The third-order valence-corrected chi connectivity index (χ3v) is 13.4. The summed E-state index contributed by atoms with van der Waals surface area (Å²) in [6.45, 7) is 9.60. The van der Waals surface area contributed by atoms with Crippen LogP contribution in [0, 0.1) is 18.3 Å². The molecule has 0 saturated carbocycles. The van der Waals surface area contributed by atoms with Gasteiger partial charge in [-0.15, -0.1) is 11.3 Å². The van der Waals surface area contributed by atoms with E-state index in [9.17, 15) is 26.9 Å². The van der Waals surface area contributed by atoms with Crippen molar-refractivity contribution in [3.8, 4) is 6.07 Å². The summed E-state index contributed by atoms with van der Waals surface area (Å²) < 4.78 is 69.4. The highest BCUT2D eigenvalue weighted by molar-refractivity contribution is 7.87. The number of aryl methyl sites for hydroxylation is 1. The lowest BCUT2D eigenvalue weighted by Crippen LogP contribution is -2.59. The van der Waals surface area contributed by atoms with Crippen LogP contribution in [0.2, 0.25) is 0 Å². The molecular formula is C32H42F3N9O2S2Si. The van der Waals surface area contributed by atoms with Crippen LogP contribution < -0.4 is 10.0 Å². The molecule has 2 saturated heterocycles. The van der Waals surface area contributed by atoms with E-state index < -0.39 is 22.8 Å². The van der Waals surface area contributed by atoms with Crippen molar-refractivity contribution in [2.75, 3.05) is 51.6 Å². The monoisotopic (exact) mass is 733 g/mol. The van der Waals surface area contributed by atoms with Gasteiger partial charge in [0.05, 0.1) is 11.8 Å². The molecule has 0 spiro atoms. The van der Waals surface area contributed by atoms with E-state index >= 15 is 0 Å². The molecule has 4 aromatic rings. The maximum atomic E-state index is 13.0. The van der Waals surface area contributed by atoms with E-state index in [1.165, 1.54) is 23.2 Å². The summed E-state index contributed by atoms with van der Waals surface area (Å²) in [4.78, 5) is 14.1. The maximum absolute atomic E-state index is 13.0. The van der Waals surface area contributed by atoms with Crippen molar-refractivity contribution in [2.24, 2.45) is 0 Å². The first-order chi connectivity index (χ1) is 23.2. The molecule has 17 heteroatoms. The second-order valence-corrected chi connectivity index (χ2v) is 18.7. The first-order valence-electron chi connectivity index (χ1n) is 16.4. The number of halogens is 3. The number of hydrogen-bond acceptors (Lipinski definition) is 9. The molecule has 264 valence electrons. The average Bonchev–Trinajstić information content (AvgIpc) is 3.63. The first-order valence-corrected chi connectivity index (χ1v) is 19.7. The standard InChI is InChI=1S/C32H42F3N9O2S2Si/c1-21-22(18-41-8-6-23(7-9-41)40-29-27-15-25(16-32(33,34)35)47-30(27)39-20-38-29)4-5-28-26(21)14-24(17-36)44(28)19-31(2,49)42-10-12-43(13-11-42)48(45,46)37-3/h4-5,14-15,20,23,37H,6-13,16,18-19H2,1-3,49H3,(H,38,39,40)/t31-/m0/s1. The van der Waals surface area contributed by atoms with Gasteiger partial charge in [0.2, 0.25) is 0 Å². The van der Waals surface area contributed by atoms with Gasteiger partial charge >= 0.3 is 6.18 Å². The number of fused-ring (bicyclic) bond motifs is 2. The quantitative estimate of drug-likeness (QED) is 0.239. The average molecular weight is 734 g/mol. The van der Waals surface area contributed by atoms with Crippen molar-refractivity contribution < 1.29 is 21.6 Å². The van der Waals surface area contributed by atoms with Gasteiger partial charge in [-0.1, -0.05) is 6.07 Å². The zero-order chi connectivity index (χ0) is 35.1. The molecule has 0 amide bonds. The molecule has 2 aliphatic rings. The van der Waals surface area contributed by atoms with Crippen LogP contribution in [0.1, 0.15) is 41.5 Å². The van der Waals surface area contributed by atoms with E-state index in [4.69, 9.17) is 0 Å². The number of aromatic nitrogens is 3. The number of benzene rings is 1. The van der Waals surface area contributed by atoms with Crippen LogP contribution in [0.15, 0.2) is 30.6 Å². The molecule has 2 aliphatic heterocycles. The van der Waals surface area contributed by atoms with E-state index in [2.05, 4.69) is 66.4 Å². The Labute approximate surface area is 291 Å². The summed E-state index contributed by atoms with van der Waals surface area (Å²) in [7, 11) is -1.18. The van der Waals surface area contributed by atoms with Gasteiger partial charge in [0, 0.05) is 96.6 Å². The molecule has 0 bridgehead atoms. The number of hydrogen-bond donors (Lipinski definition) is 2. The number of nitriles is 1. The number of piperazine rings is 1. The van der Waals surface area contributed by atoms with Gasteiger partial charge in [0.25, 0.3) is 10.2 Å². The molecule has 5 heterocycles. The number of likely N-dealkylation sites (tertiary alicyclic amines) is 1. The Kier molecular flexibility index (Phi) is 10.1. The lowest BCUT2D eigenvalue weighted by molar-refractivity contribution is -0.126. The molecule has 1 aromatic carbocycles. The fourth-order valence-corrected chi connectivity index (χ4v) is 9.77. The van der Waals surface area contributed by atoms with Gasteiger partial charge in [0.15, 0.2) is 0 Å². The Bertz CT molecular complexity index is 1970. The number of piperidine rings is 1. The number of rotatable bonds is 10. The molecule has 2 fully saturated rings. The van der Waals surface area contributed by atoms with Crippen LogP contribution in [0.25, 0.3) is 21.1 Å². The second-order valence-electron chi connectivity index (χ2n) is 13.6. The van der Waals surface area contributed by atoms with Crippen molar-refractivity contribution in [3.63, 3.8) is 0 Å². The Morgan fingerprint density at radius 3 is 2.45 bits per heavy atom. The Hall–Kier alpha value is -3.11. The molecule has 0 radical (unpaired) electrons. The lowest BCUT2D eigenvalue weighted by Gasteiger charge is -2.44. The first kappa shape index (κ1) is 35.7. The minimum Gasteiger partial charge on any atom is -0.367 e. The Balaban J connectivity index is 1.10. The van der Waals surface area contributed by atoms with Gasteiger partial charge in [-0.05, 0) is 56.0 Å². The van der Waals surface area contributed by atoms with Gasteiger partial charge in [0.1, 0.15) is 28.7 Å². The number of thiophene rings is 1. The summed E-state index contributed by atoms with van der Waals surface area (Å²) in [5.41, 5.74) is 4.02. The SMILES string of the molecule is CNS(=O)(=O)N1CCN([C@@](C)([SiH3])Cn2c(C#N)cc3c(C)c(CN4CCC(Nc5ncnc6sc(CC(F)(F)F)cc56)CC4)ccc32)CC1. The highest BCUT2D eigenvalue weighted by Gasteiger charge is 2.34. The van der Waals surface area contributed by atoms with Gasteiger partial charge in [-0.3, -0.25) is 9.80 Å². The van der Waals surface area contributed by atoms with E-state index in [1.807, 2.05) is 6.07 Å². The zero-order valence-corrected chi connectivity index (χ0v) is 31.8.